The zero-order chi connectivity index (χ0) is 18.2. The minimum atomic E-state index is -3.61. The van der Waals surface area contributed by atoms with Crippen molar-refractivity contribution in [1.82, 2.24) is 9.21 Å². The van der Waals surface area contributed by atoms with Crippen LogP contribution in [0.25, 0.3) is 0 Å². The van der Waals surface area contributed by atoms with E-state index in [-0.39, 0.29) is 18.4 Å². The van der Waals surface area contributed by atoms with Crippen molar-refractivity contribution in [2.75, 3.05) is 26.7 Å². The van der Waals surface area contributed by atoms with Gasteiger partial charge < -0.3 is 0 Å². The number of piperazine rings is 1. The summed E-state index contributed by atoms with van der Waals surface area (Å²) in [4.78, 5) is 2.34. The van der Waals surface area contributed by atoms with E-state index in [4.69, 9.17) is 0 Å². The van der Waals surface area contributed by atoms with E-state index in [0.717, 1.165) is 11.1 Å². The van der Waals surface area contributed by atoms with Crippen LogP contribution in [0.15, 0.2) is 47.4 Å². The second kappa shape index (κ2) is 6.86. The zero-order valence-corrected chi connectivity index (χ0v) is 15.6. The number of halogens is 1. The molecule has 1 aliphatic rings. The summed E-state index contributed by atoms with van der Waals surface area (Å²) >= 11 is 0. The molecule has 0 aromatic heterocycles. The Hall–Kier alpha value is -1.76. The molecule has 134 valence electrons. The topological polar surface area (TPSA) is 40.6 Å². The van der Waals surface area contributed by atoms with Crippen LogP contribution in [-0.2, 0) is 10.0 Å². The normalized spacial score (nSPS) is 19.9. The summed E-state index contributed by atoms with van der Waals surface area (Å²) in [5, 5.41) is 0. The molecule has 0 bridgehead atoms. The molecule has 1 aliphatic heterocycles. The third-order valence-corrected chi connectivity index (χ3v) is 6.84. The Bertz CT molecular complexity index is 883. The van der Waals surface area contributed by atoms with Gasteiger partial charge in [0.2, 0.25) is 10.0 Å². The van der Waals surface area contributed by atoms with Gasteiger partial charge in [-0.2, -0.15) is 4.31 Å². The maximum absolute atomic E-state index is 14.2. The Kier molecular flexibility index (Phi) is 4.95. The van der Waals surface area contributed by atoms with Crippen LogP contribution in [0.5, 0.6) is 0 Å². The molecule has 1 atom stereocenters. The molecule has 0 aliphatic carbocycles. The van der Waals surface area contributed by atoms with Crippen molar-refractivity contribution >= 4 is 10.0 Å². The molecule has 0 saturated carbocycles. The second-order valence-corrected chi connectivity index (χ2v) is 8.56. The average molecular weight is 362 g/mol. The van der Waals surface area contributed by atoms with Crippen molar-refractivity contribution in [3.63, 3.8) is 0 Å². The summed E-state index contributed by atoms with van der Waals surface area (Å²) in [6.45, 7) is 4.88. The average Bonchev–Trinajstić information content (AvgIpc) is 2.58. The molecule has 4 nitrogen and oxygen atoms in total. The highest BCUT2D eigenvalue weighted by atomic mass is 32.2. The Balaban J connectivity index is 1.95. The van der Waals surface area contributed by atoms with Crippen molar-refractivity contribution in [1.29, 1.82) is 0 Å². The number of nitrogens with zero attached hydrogens (tertiary/aromatic N) is 2. The van der Waals surface area contributed by atoms with Gasteiger partial charge in [0.05, 0.1) is 10.9 Å². The second-order valence-electron chi connectivity index (χ2n) is 6.65. The molecule has 25 heavy (non-hydrogen) atoms. The van der Waals surface area contributed by atoms with Gasteiger partial charge in [-0.25, -0.2) is 12.8 Å². The van der Waals surface area contributed by atoms with E-state index in [0.29, 0.717) is 23.5 Å². The van der Waals surface area contributed by atoms with Crippen molar-refractivity contribution in [2.45, 2.75) is 24.8 Å². The van der Waals surface area contributed by atoms with E-state index in [1.807, 2.05) is 31.0 Å². The molecule has 2 aromatic carbocycles. The van der Waals surface area contributed by atoms with Gasteiger partial charge in [-0.15, -0.1) is 0 Å². The van der Waals surface area contributed by atoms with Gasteiger partial charge in [0.25, 0.3) is 0 Å². The molecule has 1 heterocycles. The van der Waals surface area contributed by atoms with E-state index < -0.39 is 10.0 Å². The lowest BCUT2D eigenvalue weighted by molar-refractivity contribution is 0.145. The van der Waals surface area contributed by atoms with Gasteiger partial charge in [-0.1, -0.05) is 30.3 Å². The van der Waals surface area contributed by atoms with Crippen LogP contribution in [0.1, 0.15) is 22.7 Å². The van der Waals surface area contributed by atoms with Crippen LogP contribution in [0, 0.1) is 19.7 Å². The molecule has 1 saturated heterocycles. The van der Waals surface area contributed by atoms with Crippen LogP contribution in [0.3, 0.4) is 0 Å². The van der Waals surface area contributed by atoms with Gasteiger partial charge in [-0.05, 0) is 44.2 Å². The molecular formula is C19H23FN2O2S. The SMILES string of the molecule is Cc1ccc(C)c(S(=O)(=O)N2CCN(C)C(c3ccccc3F)C2)c1. The van der Waals surface area contributed by atoms with Crippen molar-refractivity contribution in [3.05, 3.63) is 65.0 Å². The fourth-order valence-corrected chi connectivity index (χ4v) is 5.02. The largest absolute Gasteiger partial charge is 0.297 e. The van der Waals surface area contributed by atoms with Gasteiger partial charge >= 0.3 is 0 Å². The van der Waals surface area contributed by atoms with Gasteiger partial charge in [0.15, 0.2) is 0 Å². The first kappa shape index (κ1) is 18.0. The minimum Gasteiger partial charge on any atom is -0.297 e. The summed E-state index contributed by atoms with van der Waals surface area (Å²) in [5.41, 5.74) is 2.17. The summed E-state index contributed by atoms with van der Waals surface area (Å²) in [7, 11) is -1.71. The predicted molar refractivity (Wildman–Crippen MR) is 96.4 cm³/mol. The quantitative estimate of drug-likeness (QED) is 0.842. The summed E-state index contributed by atoms with van der Waals surface area (Å²) in [6, 6.07) is 11.7. The lowest BCUT2D eigenvalue weighted by atomic mass is 10.0. The number of aryl methyl sites for hydroxylation is 2. The highest BCUT2D eigenvalue weighted by Crippen LogP contribution is 2.30. The Morgan fingerprint density at radius 2 is 1.80 bits per heavy atom. The van der Waals surface area contributed by atoms with E-state index >= 15 is 0 Å². The minimum absolute atomic E-state index is 0.243. The van der Waals surface area contributed by atoms with Gasteiger partial charge in [0, 0.05) is 25.2 Å². The van der Waals surface area contributed by atoms with Crippen LogP contribution in [0.4, 0.5) is 4.39 Å². The number of hydrogen-bond acceptors (Lipinski definition) is 3. The molecule has 1 fully saturated rings. The maximum Gasteiger partial charge on any atom is 0.243 e. The summed E-state index contributed by atoms with van der Waals surface area (Å²) in [6.07, 6.45) is 0. The molecular weight excluding hydrogens is 339 g/mol. The summed E-state index contributed by atoms with van der Waals surface area (Å²) in [5.74, 6) is -0.301. The molecule has 0 N–H and O–H groups in total. The molecule has 1 unspecified atom stereocenters. The van der Waals surface area contributed by atoms with E-state index in [1.54, 1.807) is 31.2 Å². The first-order chi connectivity index (χ1) is 11.8. The fraction of sp³-hybridized carbons (Fsp3) is 0.368. The van der Waals surface area contributed by atoms with E-state index in [1.165, 1.54) is 10.4 Å². The maximum atomic E-state index is 14.2. The lowest BCUT2D eigenvalue weighted by Gasteiger charge is -2.39. The van der Waals surface area contributed by atoms with Gasteiger partial charge in [0.1, 0.15) is 5.82 Å². The number of sulfonamides is 1. The van der Waals surface area contributed by atoms with Gasteiger partial charge in [-0.3, -0.25) is 4.90 Å². The van der Waals surface area contributed by atoms with Crippen molar-refractivity contribution in [2.24, 2.45) is 0 Å². The number of likely N-dealkylation sites (N-methyl/N-ethyl adjacent to an activating group) is 1. The van der Waals surface area contributed by atoms with Crippen LogP contribution >= 0.6 is 0 Å². The first-order valence-electron chi connectivity index (χ1n) is 8.33. The number of rotatable bonds is 3. The van der Waals surface area contributed by atoms with Crippen LogP contribution < -0.4 is 0 Å². The Labute approximate surface area is 148 Å². The highest BCUT2D eigenvalue weighted by Gasteiger charge is 2.35. The van der Waals surface area contributed by atoms with Crippen molar-refractivity contribution < 1.29 is 12.8 Å². The van der Waals surface area contributed by atoms with E-state index in [9.17, 15) is 12.8 Å². The smallest absolute Gasteiger partial charge is 0.243 e. The van der Waals surface area contributed by atoms with E-state index in [2.05, 4.69) is 0 Å². The van der Waals surface area contributed by atoms with Crippen LogP contribution in [0.2, 0.25) is 0 Å². The summed E-state index contributed by atoms with van der Waals surface area (Å²) < 4.78 is 42.0. The van der Waals surface area contributed by atoms with Crippen molar-refractivity contribution in [3.8, 4) is 0 Å². The molecule has 2 aromatic rings. The molecule has 6 heteroatoms. The monoisotopic (exact) mass is 362 g/mol. The number of benzene rings is 2. The standard InChI is InChI=1S/C19H23FN2O2S/c1-14-8-9-15(2)19(12-14)25(23,24)22-11-10-21(3)18(13-22)16-6-4-5-7-17(16)20/h4-9,12,18H,10-11,13H2,1-3H3. The first-order valence-corrected chi connectivity index (χ1v) is 9.77. The fourth-order valence-electron chi connectivity index (χ4n) is 3.27. The Morgan fingerprint density at radius 3 is 2.52 bits per heavy atom. The highest BCUT2D eigenvalue weighted by molar-refractivity contribution is 7.89. The molecule has 3 rings (SSSR count). The molecule has 0 spiro atoms. The lowest BCUT2D eigenvalue weighted by Crippen LogP contribution is -2.49. The predicted octanol–water partition coefficient (Wildman–Crippen LogP) is 3.12. The molecule has 0 amide bonds. The third kappa shape index (κ3) is 3.47. The third-order valence-electron chi connectivity index (χ3n) is 4.84. The Morgan fingerprint density at radius 1 is 1.08 bits per heavy atom. The molecule has 0 radical (unpaired) electrons. The number of hydrogen-bond donors (Lipinski definition) is 0. The zero-order valence-electron chi connectivity index (χ0n) is 14.7. The van der Waals surface area contributed by atoms with Crippen LogP contribution in [-0.4, -0.2) is 44.3 Å².